The Bertz CT molecular complexity index is 1480. The summed E-state index contributed by atoms with van der Waals surface area (Å²) in [5.74, 6) is 0.0115. The van der Waals surface area contributed by atoms with Gasteiger partial charge in [-0.2, -0.15) is 15.5 Å². The second-order valence-electron chi connectivity index (χ2n) is 9.14. The van der Waals surface area contributed by atoms with Crippen molar-refractivity contribution in [2.24, 2.45) is 12.5 Å². The van der Waals surface area contributed by atoms with E-state index < -0.39 is 0 Å². The van der Waals surface area contributed by atoms with Gasteiger partial charge < -0.3 is 9.80 Å². The van der Waals surface area contributed by atoms with Crippen LogP contribution in [0, 0.1) is 16.7 Å². The molecule has 0 radical (unpaired) electrons. The number of amides is 1. The fraction of sp³-hybridized carbons (Fsp3) is 0.240. The molecule has 0 aliphatic carbocycles. The molecule has 0 unspecified atom stereocenters. The van der Waals surface area contributed by atoms with E-state index in [9.17, 15) is 10.1 Å². The van der Waals surface area contributed by atoms with Crippen LogP contribution in [-0.2, 0) is 11.8 Å². The maximum absolute atomic E-state index is 11.7. The summed E-state index contributed by atoms with van der Waals surface area (Å²) >= 11 is 0. The lowest BCUT2D eigenvalue weighted by molar-refractivity contribution is -0.139. The van der Waals surface area contributed by atoms with Crippen molar-refractivity contribution >= 4 is 17.1 Å². The number of carbonyl (C=O) groups excluding carboxylic acids is 1. The van der Waals surface area contributed by atoms with Crippen molar-refractivity contribution in [3.05, 3.63) is 67.3 Å². The van der Waals surface area contributed by atoms with Gasteiger partial charge in [0.1, 0.15) is 17.1 Å². The summed E-state index contributed by atoms with van der Waals surface area (Å²) in [7, 11) is 1.86. The Hall–Kier alpha value is -4.45. The lowest BCUT2D eigenvalue weighted by Gasteiger charge is -2.60. The Kier molecular flexibility index (Phi) is 4.32. The zero-order valence-electron chi connectivity index (χ0n) is 18.7. The van der Waals surface area contributed by atoms with Crippen molar-refractivity contribution in [2.45, 2.75) is 0 Å². The Labute approximate surface area is 196 Å². The first-order chi connectivity index (χ1) is 16.5. The average molecular weight is 451 g/mol. The molecule has 1 amide bonds. The van der Waals surface area contributed by atoms with Crippen molar-refractivity contribution in [3.8, 4) is 28.6 Å². The fourth-order valence-electron chi connectivity index (χ4n) is 5.01. The minimum Gasteiger partial charge on any atom is -0.370 e. The highest BCUT2D eigenvalue weighted by molar-refractivity contribution is 5.88. The average Bonchev–Trinajstić information content (AvgIpc) is 3.42. The maximum atomic E-state index is 11.7. The van der Waals surface area contributed by atoms with Crippen LogP contribution in [0.15, 0.2) is 61.7 Å². The van der Waals surface area contributed by atoms with E-state index in [-0.39, 0.29) is 11.3 Å². The third-order valence-corrected chi connectivity index (χ3v) is 6.71. The van der Waals surface area contributed by atoms with Crippen molar-refractivity contribution in [1.82, 2.24) is 29.3 Å². The fourth-order valence-corrected chi connectivity index (χ4v) is 5.01. The number of hydrogen-bond donors (Lipinski definition) is 0. The van der Waals surface area contributed by atoms with Gasteiger partial charge in [0.15, 0.2) is 0 Å². The SMILES string of the molecule is C=CC(=O)N1CC2(C1)CN(c1ccc(-c3nc(-c4cnn(C)c4)cn4ncc(C#N)c34)cc1)C2. The van der Waals surface area contributed by atoms with E-state index in [0.717, 1.165) is 48.7 Å². The van der Waals surface area contributed by atoms with E-state index in [1.54, 1.807) is 21.6 Å². The minimum atomic E-state index is 0.0115. The molecule has 0 atom stereocenters. The highest BCUT2D eigenvalue weighted by atomic mass is 16.2. The second-order valence-corrected chi connectivity index (χ2v) is 9.14. The van der Waals surface area contributed by atoms with Crippen molar-refractivity contribution in [1.29, 1.82) is 5.26 Å². The molecular weight excluding hydrogens is 428 g/mol. The lowest BCUT2D eigenvalue weighted by Crippen LogP contribution is -2.73. The van der Waals surface area contributed by atoms with Gasteiger partial charge in [-0.05, 0) is 18.2 Å². The van der Waals surface area contributed by atoms with Gasteiger partial charge in [-0.3, -0.25) is 9.48 Å². The smallest absolute Gasteiger partial charge is 0.245 e. The number of carbonyl (C=O) groups is 1. The molecule has 9 heteroatoms. The molecule has 34 heavy (non-hydrogen) atoms. The molecule has 4 aromatic rings. The largest absolute Gasteiger partial charge is 0.370 e. The van der Waals surface area contributed by atoms with Crippen LogP contribution >= 0.6 is 0 Å². The number of aromatic nitrogens is 5. The molecule has 1 aromatic carbocycles. The van der Waals surface area contributed by atoms with Gasteiger partial charge in [0.25, 0.3) is 0 Å². The predicted molar refractivity (Wildman–Crippen MR) is 127 cm³/mol. The predicted octanol–water partition coefficient (Wildman–Crippen LogP) is 2.50. The molecule has 2 aliphatic rings. The molecule has 5 heterocycles. The molecule has 168 valence electrons. The first-order valence-electron chi connectivity index (χ1n) is 11.0. The summed E-state index contributed by atoms with van der Waals surface area (Å²) in [6.45, 7) is 7.04. The van der Waals surface area contributed by atoms with Crippen molar-refractivity contribution in [3.63, 3.8) is 0 Å². The van der Waals surface area contributed by atoms with Crippen LogP contribution in [0.1, 0.15) is 5.56 Å². The summed E-state index contributed by atoms with van der Waals surface area (Å²) in [6.07, 6.45) is 8.44. The maximum Gasteiger partial charge on any atom is 0.245 e. The number of likely N-dealkylation sites (tertiary alicyclic amines) is 1. The summed E-state index contributed by atoms with van der Waals surface area (Å²) in [5, 5.41) is 18.2. The number of aryl methyl sites for hydroxylation is 1. The van der Waals surface area contributed by atoms with Crippen LogP contribution in [-0.4, -0.2) is 61.4 Å². The highest BCUT2D eigenvalue weighted by Crippen LogP contribution is 2.42. The molecule has 3 aromatic heterocycles. The number of nitriles is 1. The number of benzene rings is 1. The number of hydrogen-bond acceptors (Lipinski definition) is 6. The number of anilines is 1. The van der Waals surface area contributed by atoms with Crippen LogP contribution < -0.4 is 4.90 Å². The van der Waals surface area contributed by atoms with E-state index in [1.165, 1.54) is 6.08 Å². The Morgan fingerprint density at radius 2 is 1.85 bits per heavy atom. The van der Waals surface area contributed by atoms with Gasteiger partial charge >= 0.3 is 0 Å². The topological polar surface area (TPSA) is 95.3 Å². The zero-order valence-corrected chi connectivity index (χ0v) is 18.7. The first-order valence-corrected chi connectivity index (χ1v) is 11.0. The quantitative estimate of drug-likeness (QED) is 0.444. The molecule has 0 bridgehead atoms. The lowest BCUT2D eigenvalue weighted by atomic mass is 9.72. The molecule has 1 spiro atoms. The molecular formula is C25H22N8O. The van der Waals surface area contributed by atoms with Crippen molar-refractivity contribution in [2.75, 3.05) is 31.1 Å². The monoisotopic (exact) mass is 450 g/mol. The van der Waals surface area contributed by atoms with E-state index >= 15 is 0 Å². The zero-order chi connectivity index (χ0) is 23.4. The molecule has 0 N–H and O–H groups in total. The third kappa shape index (κ3) is 3.07. The highest BCUT2D eigenvalue weighted by Gasteiger charge is 2.52. The second kappa shape index (κ2) is 7.28. The van der Waals surface area contributed by atoms with Gasteiger partial charge in [0, 0.05) is 61.7 Å². The number of nitrogens with zero attached hydrogens (tertiary/aromatic N) is 8. The van der Waals surface area contributed by atoms with E-state index in [0.29, 0.717) is 16.8 Å². The van der Waals surface area contributed by atoms with E-state index in [4.69, 9.17) is 4.98 Å². The van der Waals surface area contributed by atoms with Gasteiger partial charge in [-0.15, -0.1) is 0 Å². The first kappa shape index (κ1) is 20.2. The summed E-state index contributed by atoms with van der Waals surface area (Å²) in [4.78, 5) is 20.8. The minimum absolute atomic E-state index is 0.0115. The normalized spacial score (nSPS) is 16.2. The van der Waals surface area contributed by atoms with Crippen LogP contribution in [0.4, 0.5) is 5.69 Å². The molecule has 9 nitrogen and oxygen atoms in total. The molecule has 0 saturated carbocycles. The standard InChI is InChI=1S/C25H22N8O/c1-3-22(34)32-15-25(16-32)13-31(14-25)20-6-4-17(5-7-20)23-24-18(8-26)9-28-33(24)12-21(29-23)19-10-27-30(2)11-19/h3-7,9-12H,1,13-16H2,2H3. The number of fused-ring (bicyclic) bond motifs is 1. The van der Waals surface area contributed by atoms with E-state index in [1.807, 2.05) is 36.5 Å². The van der Waals surface area contributed by atoms with Crippen LogP contribution in [0.25, 0.3) is 28.0 Å². The van der Waals surface area contributed by atoms with Crippen LogP contribution in [0.5, 0.6) is 0 Å². The van der Waals surface area contributed by atoms with Gasteiger partial charge in [-0.1, -0.05) is 18.7 Å². The third-order valence-electron chi connectivity index (χ3n) is 6.71. The molecule has 2 aliphatic heterocycles. The Balaban J connectivity index is 1.29. The summed E-state index contributed by atoms with van der Waals surface area (Å²) < 4.78 is 3.44. The Morgan fingerprint density at radius 1 is 1.09 bits per heavy atom. The molecule has 6 rings (SSSR count). The van der Waals surface area contributed by atoms with Crippen LogP contribution in [0.2, 0.25) is 0 Å². The van der Waals surface area contributed by atoms with Gasteiger partial charge in [0.05, 0.1) is 30.0 Å². The summed E-state index contributed by atoms with van der Waals surface area (Å²) in [5.41, 5.74) is 5.76. The molecule has 2 saturated heterocycles. The van der Waals surface area contributed by atoms with Crippen LogP contribution in [0.3, 0.4) is 0 Å². The van der Waals surface area contributed by atoms with E-state index in [2.05, 4.69) is 39.9 Å². The molecule has 2 fully saturated rings. The summed E-state index contributed by atoms with van der Waals surface area (Å²) in [6, 6.07) is 10.5. The van der Waals surface area contributed by atoms with Gasteiger partial charge in [-0.25, -0.2) is 9.50 Å². The van der Waals surface area contributed by atoms with Crippen molar-refractivity contribution < 1.29 is 4.79 Å². The Morgan fingerprint density at radius 3 is 2.50 bits per heavy atom. The van der Waals surface area contributed by atoms with Gasteiger partial charge in [0.2, 0.25) is 5.91 Å². The number of rotatable bonds is 4.